The van der Waals surface area contributed by atoms with Crippen LogP contribution in [-0.2, 0) is 0 Å². The Morgan fingerprint density at radius 3 is 2.82 bits per heavy atom. The first-order valence-electron chi connectivity index (χ1n) is 4.48. The Balaban J connectivity index is 2.31. The van der Waals surface area contributed by atoms with E-state index in [-0.39, 0.29) is 21.8 Å². The molecule has 1 N–H and O–H groups in total. The van der Waals surface area contributed by atoms with Gasteiger partial charge in [0.15, 0.2) is 0 Å². The summed E-state index contributed by atoms with van der Waals surface area (Å²) in [6.45, 7) is 1.73. The van der Waals surface area contributed by atoms with Gasteiger partial charge in [-0.2, -0.15) is 4.37 Å². The van der Waals surface area contributed by atoms with Crippen LogP contribution in [-0.4, -0.2) is 20.2 Å². The van der Waals surface area contributed by atoms with E-state index in [1.807, 2.05) is 0 Å². The second-order valence-electron chi connectivity index (χ2n) is 3.13. The molecule has 2 aromatic heterocycles. The third kappa shape index (κ3) is 2.71. The highest BCUT2D eigenvalue weighted by molar-refractivity contribution is 7.09. The highest BCUT2D eigenvalue weighted by Gasteiger charge is 2.16. The Hall–Kier alpha value is -1.24. The molecule has 0 aliphatic rings. The molecule has 0 spiro atoms. The second-order valence-corrected chi connectivity index (χ2v) is 4.65. The molecule has 2 heterocycles. The molecule has 0 saturated carbocycles. The van der Waals surface area contributed by atoms with Gasteiger partial charge in [0.2, 0.25) is 5.13 Å². The van der Waals surface area contributed by atoms with Gasteiger partial charge >= 0.3 is 0 Å². The molecule has 0 fully saturated rings. The molecule has 2 rings (SSSR count). The average Bonchev–Trinajstić information content (AvgIpc) is 2.68. The Morgan fingerprint density at radius 1 is 1.47 bits per heavy atom. The van der Waals surface area contributed by atoms with Crippen molar-refractivity contribution in [2.75, 3.05) is 5.32 Å². The maximum absolute atomic E-state index is 11.9. The van der Waals surface area contributed by atoms with E-state index in [9.17, 15) is 4.79 Å². The topological polar surface area (TPSA) is 67.8 Å². The first-order valence-corrected chi connectivity index (χ1v) is 6.01. The fourth-order valence-corrected chi connectivity index (χ4v) is 2.30. The van der Waals surface area contributed by atoms with Crippen LogP contribution in [0.2, 0.25) is 10.3 Å². The molecule has 17 heavy (non-hydrogen) atoms. The zero-order valence-corrected chi connectivity index (χ0v) is 10.9. The van der Waals surface area contributed by atoms with Crippen LogP contribution in [0.15, 0.2) is 12.4 Å². The number of aryl methyl sites for hydroxylation is 1. The molecule has 0 aliphatic carbocycles. The van der Waals surface area contributed by atoms with Crippen LogP contribution in [0.5, 0.6) is 0 Å². The van der Waals surface area contributed by atoms with Crippen LogP contribution >= 0.6 is 34.7 Å². The number of nitrogens with one attached hydrogen (secondary N) is 1. The quantitative estimate of drug-likeness (QED) is 0.863. The van der Waals surface area contributed by atoms with Gasteiger partial charge in [0.1, 0.15) is 16.6 Å². The van der Waals surface area contributed by atoms with E-state index in [0.717, 1.165) is 11.5 Å². The number of pyridine rings is 1. The minimum atomic E-state index is -0.381. The molecule has 5 nitrogen and oxygen atoms in total. The number of halogens is 2. The Morgan fingerprint density at radius 2 is 2.24 bits per heavy atom. The van der Waals surface area contributed by atoms with Crippen molar-refractivity contribution in [3.63, 3.8) is 0 Å². The van der Waals surface area contributed by atoms with Gasteiger partial charge in [-0.05, 0) is 18.6 Å². The van der Waals surface area contributed by atoms with E-state index in [1.165, 1.54) is 6.33 Å². The van der Waals surface area contributed by atoms with Crippen LogP contribution in [0, 0.1) is 6.92 Å². The van der Waals surface area contributed by atoms with Crippen molar-refractivity contribution in [3.05, 3.63) is 33.8 Å². The SMILES string of the molecule is Cc1cc(Cl)nc(Cl)c1C(=O)Nc1ncns1. The van der Waals surface area contributed by atoms with E-state index in [4.69, 9.17) is 23.2 Å². The van der Waals surface area contributed by atoms with Gasteiger partial charge in [0, 0.05) is 11.5 Å². The normalized spacial score (nSPS) is 10.3. The first-order chi connectivity index (χ1) is 8.08. The molecule has 1 amide bonds. The summed E-state index contributed by atoms with van der Waals surface area (Å²) >= 11 is 12.7. The van der Waals surface area contributed by atoms with Crippen molar-refractivity contribution in [2.45, 2.75) is 6.92 Å². The Bertz CT molecular complexity index is 535. The predicted molar refractivity (Wildman–Crippen MR) is 66.9 cm³/mol. The van der Waals surface area contributed by atoms with Crippen LogP contribution in [0.3, 0.4) is 0 Å². The van der Waals surface area contributed by atoms with Gasteiger partial charge in [-0.3, -0.25) is 10.1 Å². The van der Waals surface area contributed by atoms with E-state index in [0.29, 0.717) is 10.7 Å². The number of hydrogen-bond acceptors (Lipinski definition) is 5. The van der Waals surface area contributed by atoms with Crippen LogP contribution in [0.4, 0.5) is 5.13 Å². The summed E-state index contributed by atoms with van der Waals surface area (Å²) in [5, 5.41) is 3.30. The lowest BCUT2D eigenvalue weighted by molar-refractivity contribution is 0.102. The van der Waals surface area contributed by atoms with Crippen LogP contribution < -0.4 is 5.32 Å². The maximum atomic E-state index is 11.9. The number of anilines is 1. The molecule has 0 radical (unpaired) electrons. The summed E-state index contributed by atoms with van der Waals surface area (Å²) in [7, 11) is 0. The lowest BCUT2D eigenvalue weighted by Crippen LogP contribution is -2.14. The van der Waals surface area contributed by atoms with Crippen LogP contribution in [0.25, 0.3) is 0 Å². The largest absolute Gasteiger partial charge is 0.296 e. The number of aromatic nitrogens is 3. The van der Waals surface area contributed by atoms with Crippen molar-refractivity contribution in [2.24, 2.45) is 0 Å². The molecule has 0 unspecified atom stereocenters. The number of carbonyl (C=O) groups excluding carboxylic acids is 1. The molecule has 8 heteroatoms. The number of amides is 1. The molecule has 0 saturated heterocycles. The summed E-state index contributed by atoms with van der Waals surface area (Å²) < 4.78 is 3.77. The lowest BCUT2D eigenvalue weighted by Gasteiger charge is -2.07. The summed E-state index contributed by atoms with van der Waals surface area (Å²) in [5.74, 6) is -0.381. The Kier molecular flexibility index (Phi) is 3.56. The molecule has 0 aromatic carbocycles. The zero-order valence-electron chi connectivity index (χ0n) is 8.57. The second kappa shape index (κ2) is 4.95. The van der Waals surface area contributed by atoms with E-state index >= 15 is 0 Å². The molecule has 0 atom stereocenters. The van der Waals surface area contributed by atoms with Crippen molar-refractivity contribution in [1.82, 2.24) is 14.3 Å². The fraction of sp³-hybridized carbons (Fsp3) is 0.111. The lowest BCUT2D eigenvalue weighted by atomic mass is 10.1. The number of hydrogen-bond donors (Lipinski definition) is 1. The Labute approximate surface area is 111 Å². The summed E-state index contributed by atoms with van der Waals surface area (Å²) in [6, 6.07) is 1.57. The van der Waals surface area contributed by atoms with Gasteiger partial charge in [-0.15, -0.1) is 0 Å². The van der Waals surface area contributed by atoms with Gasteiger partial charge in [-0.1, -0.05) is 23.2 Å². The number of nitrogens with zero attached hydrogens (tertiary/aromatic N) is 3. The van der Waals surface area contributed by atoms with E-state index in [1.54, 1.807) is 13.0 Å². The summed E-state index contributed by atoms with van der Waals surface area (Å²) in [4.78, 5) is 19.6. The highest BCUT2D eigenvalue weighted by Crippen LogP contribution is 2.22. The fourth-order valence-electron chi connectivity index (χ4n) is 1.26. The minimum Gasteiger partial charge on any atom is -0.296 e. The summed E-state index contributed by atoms with van der Waals surface area (Å²) in [5.41, 5.74) is 0.934. The minimum absolute atomic E-state index is 0.0667. The van der Waals surface area contributed by atoms with Crippen molar-refractivity contribution < 1.29 is 4.79 Å². The third-order valence-electron chi connectivity index (χ3n) is 1.95. The van der Waals surface area contributed by atoms with E-state index < -0.39 is 0 Å². The predicted octanol–water partition coefficient (Wildman–Crippen LogP) is 2.80. The van der Waals surface area contributed by atoms with Gasteiger partial charge in [-0.25, -0.2) is 9.97 Å². The molecular weight excluding hydrogens is 283 g/mol. The average molecular weight is 289 g/mol. The highest BCUT2D eigenvalue weighted by atomic mass is 35.5. The zero-order chi connectivity index (χ0) is 12.4. The number of rotatable bonds is 2. The smallest absolute Gasteiger partial charge is 0.260 e. The molecule has 88 valence electrons. The molecule has 0 bridgehead atoms. The number of carbonyl (C=O) groups is 1. The van der Waals surface area contributed by atoms with Crippen molar-refractivity contribution in [3.8, 4) is 0 Å². The molecule has 0 aliphatic heterocycles. The van der Waals surface area contributed by atoms with Gasteiger partial charge in [0.05, 0.1) is 5.56 Å². The standard InChI is InChI=1S/C9H6Cl2N4OS/c1-4-2-5(10)14-7(11)6(4)8(16)15-9-12-3-13-17-9/h2-3H,1H3,(H,12,13,15,16). The van der Waals surface area contributed by atoms with Crippen molar-refractivity contribution in [1.29, 1.82) is 0 Å². The maximum Gasteiger partial charge on any atom is 0.260 e. The van der Waals surface area contributed by atoms with Gasteiger partial charge < -0.3 is 0 Å². The van der Waals surface area contributed by atoms with Crippen molar-refractivity contribution >= 4 is 45.8 Å². The molecule has 2 aromatic rings. The van der Waals surface area contributed by atoms with Crippen LogP contribution in [0.1, 0.15) is 15.9 Å². The van der Waals surface area contributed by atoms with E-state index in [2.05, 4.69) is 19.7 Å². The molecular formula is C9H6Cl2N4OS. The van der Waals surface area contributed by atoms with Gasteiger partial charge in [0.25, 0.3) is 5.91 Å². The third-order valence-corrected chi connectivity index (χ3v) is 3.00. The first kappa shape index (κ1) is 12.2. The monoisotopic (exact) mass is 288 g/mol. The summed E-state index contributed by atoms with van der Waals surface area (Å²) in [6.07, 6.45) is 1.36.